The van der Waals surface area contributed by atoms with E-state index in [0.717, 1.165) is 5.56 Å². The molecule has 1 aliphatic heterocycles. The second-order valence-electron chi connectivity index (χ2n) is 7.13. The molecule has 0 spiro atoms. The zero-order chi connectivity index (χ0) is 22.8. The highest BCUT2D eigenvalue weighted by Crippen LogP contribution is 2.31. The molecule has 3 aromatic rings. The number of carbonyl (C=O) groups is 1. The Morgan fingerprint density at radius 2 is 1.88 bits per heavy atom. The number of fused-ring (bicyclic) bond motifs is 1. The second kappa shape index (κ2) is 8.92. The van der Waals surface area contributed by atoms with Crippen LogP contribution in [-0.4, -0.2) is 24.3 Å². The molecule has 6 nitrogen and oxygen atoms in total. The number of thiazole rings is 1. The molecule has 0 bridgehead atoms. The summed E-state index contributed by atoms with van der Waals surface area (Å²) >= 11 is 1.22. The van der Waals surface area contributed by atoms with Crippen LogP contribution in [0.4, 0.5) is 4.39 Å². The molecule has 0 saturated carbocycles. The molecule has 0 amide bonds. The van der Waals surface area contributed by atoms with Crippen LogP contribution < -0.4 is 19.6 Å². The molecular weight excluding hydrogens is 431 g/mol. The Balaban J connectivity index is 1.93. The van der Waals surface area contributed by atoms with Gasteiger partial charge >= 0.3 is 5.97 Å². The minimum atomic E-state index is -0.688. The van der Waals surface area contributed by atoms with Crippen LogP contribution >= 0.6 is 11.3 Å². The van der Waals surface area contributed by atoms with Gasteiger partial charge in [-0.15, -0.1) is 0 Å². The van der Waals surface area contributed by atoms with Crippen molar-refractivity contribution in [1.29, 1.82) is 0 Å². The molecule has 1 atom stereocenters. The first-order valence-electron chi connectivity index (χ1n) is 10.0. The second-order valence-corrected chi connectivity index (χ2v) is 8.14. The van der Waals surface area contributed by atoms with E-state index in [-0.39, 0.29) is 18.0 Å². The van der Waals surface area contributed by atoms with Gasteiger partial charge in [0.2, 0.25) is 0 Å². The molecule has 0 saturated heterocycles. The van der Waals surface area contributed by atoms with Crippen molar-refractivity contribution in [2.45, 2.75) is 19.9 Å². The quantitative estimate of drug-likeness (QED) is 0.558. The third kappa shape index (κ3) is 4.01. The highest BCUT2D eigenvalue weighted by molar-refractivity contribution is 7.07. The van der Waals surface area contributed by atoms with Gasteiger partial charge in [0, 0.05) is 0 Å². The number of hydrogen-bond donors (Lipinski definition) is 0. The van der Waals surface area contributed by atoms with Gasteiger partial charge in [0.1, 0.15) is 11.6 Å². The van der Waals surface area contributed by atoms with E-state index < -0.39 is 12.0 Å². The molecule has 1 aromatic heterocycles. The van der Waals surface area contributed by atoms with E-state index >= 15 is 0 Å². The third-order valence-corrected chi connectivity index (χ3v) is 6.10. The summed E-state index contributed by atoms with van der Waals surface area (Å²) in [5, 5.41) is 0. The molecule has 164 valence electrons. The lowest BCUT2D eigenvalue weighted by Crippen LogP contribution is -2.39. The van der Waals surface area contributed by atoms with E-state index in [1.54, 1.807) is 51.3 Å². The normalized spacial score (nSPS) is 15.9. The van der Waals surface area contributed by atoms with E-state index in [1.807, 2.05) is 12.1 Å². The average molecular weight is 453 g/mol. The molecule has 0 N–H and O–H groups in total. The topological polar surface area (TPSA) is 69.9 Å². The minimum Gasteiger partial charge on any atom is -0.497 e. The van der Waals surface area contributed by atoms with Gasteiger partial charge in [-0.1, -0.05) is 35.6 Å². The maximum absolute atomic E-state index is 13.4. The first-order chi connectivity index (χ1) is 15.4. The Bertz CT molecular complexity index is 1370. The lowest BCUT2D eigenvalue weighted by atomic mass is 9.96. The van der Waals surface area contributed by atoms with Gasteiger partial charge in [-0.3, -0.25) is 9.36 Å². The summed E-state index contributed by atoms with van der Waals surface area (Å²) < 4.78 is 25.7. The number of allylic oxidation sites excluding steroid dienone is 1. The van der Waals surface area contributed by atoms with Gasteiger partial charge in [0.25, 0.3) is 5.56 Å². The van der Waals surface area contributed by atoms with Crippen LogP contribution in [0.1, 0.15) is 31.0 Å². The standard InChI is InChI=1S/C24H21FN2O4S/c1-4-31-23(29)20-14(2)26-24-27(21(20)16-7-11-18(30-3)12-8-16)22(28)19(32-24)13-15-5-9-17(25)10-6-15/h5-13,21H,4H2,1-3H3/b19-13-. The zero-order valence-corrected chi connectivity index (χ0v) is 18.6. The Labute approximate surface area is 187 Å². The number of halogens is 1. The van der Waals surface area contributed by atoms with Crippen molar-refractivity contribution in [1.82, 2.24) is 4.57 Å². The fourth-order valence-electron chi connectivity index (χ4n) is 3.60. The number of esters is 1. The predicted molar refractivity (Wildman–Crippen MR) is 120 cm³/mol. The van der Waals surface area contributed by atoms with Crippen molar-refractivity contribution in [3.63, 3.8) is 0 Å². The van der Waals surface area contributed by atoms with Crippen molar-refractivity contribution >= 4 is 23.4 Å². The predicted octanol–water partition coefficient (Wildman–Crippen LogP) is 2.95. The molecule has 4 rings (SSSR count). The molecule has 2 heterocycles. The number of hydrogen-bond acceptors (Lipinski definition) is 6. The maximum atomic E-state index is 13.4. The number of rotatable bonds is 5. The highest BCUT2D eigenvalue weighted by atomic mass is 32.1. The number of nitrogens with zero attached hydrogens (tertiary/aromatic N) is 2. The summed E-state index contributed by atoms with van der Waals surface area (Å²) in [6.45, 7) is 3.67. The monoisotopic (exact) mass is 452 g/mol. The van der Waals surface area contributed by atoms with Crippen LogP contribution in [0, 0.1) is 5.82 Å². The summed E-state index contributed by atoms with van der Waals surface area (Å²) in [5.74, 6) is -0.198. The number of methoxy groups -OCH3 is 1. The van der Waals surface area contributed by atoms with E-state index in [0.29, 0.717) is 31.9 Å². The van der Waals surface area contributed by atoms with Gasteiger partial charge in [-0.25, -0.2) is 14.2 Å². The molecule has 1 unspecified atom stereocenters. The highest BCUT2D eigenvalue weighted by Gasteiger charge is 2.33. The van der Waals surface area contributed by atoms with Crippen LogP contribution in [0.3, 0.4) is 0 Å². The Kier molecular flexibility index (Phi) is 6.05. The summed E-state index contributed by atoms with van der Waals surface area (Å²) in [6, 6.07) is 12.4. The SMILES string of the molecule is CCOC(=O)C1=C(C)N=c2s/c(=C\c3ccc(F)cc3)c(=O)n2C1c1ccc(OC)cc1. The number of ether oxygens (including phenoxy) is 2. The van der Waals surface area contributed by atoms with Gasteiger partial charge in [0.15, 0.2) is 4.80 Å². The minimum absolute atomic E-state index is 0.208. The van der Waals surface area contributed by atoms with Gasteiger partial charge in [0.05, 0.1) is 35.6 Å². The third-order valence-electron chi connectivity index (χ3n) is 5.12. The zero-order valence-electron chi connectivity index (χ0n) is 17.8. The van der Waals surface area contributed by atoms with Crippen LogP contribution in [0.25, 0.3) is 6.08 Å². The maximum Gasteiger partial charge on any atom is 0.338 e. The average Bonchev–Trinajstić information content (AvgIpc) is 3.09. The van der Waals surface area contributed by atoms with Crippen molar-refractivity contribution in [3.8, 4) is 5.75 Å². The smallest absolute Gasteiger partial charge is 0.338 e. The van der Waals surface area contributed by atoms with Crippen molar-refractivity contribution in [2.75, 3.05) is 13.7 Å². The molecule has 0 fully saturated rings. The van der Waals surface area contributed by atoms with E-state index in [1.165, 1.54) is 28.0 Å². The first-order valence-corrected chi connectivity index (χ1v) is 10.8. The molecule has 1 aliphatic rings. The largest absolute Gasteiger partial charge is 0.497 e. The number of aromatic nitrogens is 1. The Hall–Kier alpha value is -3.52. The molecular formula is C24H21FN2O4S. The van der Waals surface area contributed by atoms with Crippen molar-refractivity contribution in [2.24, 2.45) is 4.99 Å². The van der Waals surface area contributed by atoms with E-state index in [9.17, 15) is 14.0 Å². The summed E-state index contributed by atoms with van der Waals surface area (Å²) in [4.78, 5) is 31.3. The first kappa shape index (κ1) is 21.7. The summed E-state index contributed by atoms with van der Waals surface area (Å²) in [6.07, 6.45) is 1.69. The van der Waals surface area contributed by atoms with Crippen molar-refractivity contribution < 1.29 is 18.7 Å². The lowest BCUT2D eigenvalue weighted by molar-refractivity contribution is -0.139. The molecule has 0 radical (unpaired) electrons. The molecule has 32 heavy (non-hydrogen) atoms. The van der Waals surface area contributed by atoms with Crippen molar-refractivity contribution in [3.05, 3.63) is 96.4 Å². The number of carbonyl (C=O) groups excluding carboxylic acids is 1. The van der Waals surface area contributed by atoms with Crippen LogP contribution in [0.2, 0.25) is 0 Å². The van der Waals surface area contributed by atoms with E-state index in [4.69, 9.17) is 9.47 Å². The fraction of sp³-hybridized carbons (Fsp3) is 0.208. The number of benzene rings is 2. The molecule has 2 aromatic carbocycles. The van der Waals surface area contributed by atoms with Gasteiger partial charge < -0.3 is 9.47 Å². The Morgan fingerprint density at radius 1 is 1.19 bits per heavy atom. The molecule has 0 aliphatic carbocycles. The summed E-state index contributed by atoms with van der Waals surface area (Å²) in [7, 11) is 1.57. The fourth-order valence-corrected chi connectivity index (χ4v) is 4.65. The van der Waals surface area contributed by atoms with Gasteiger partial charge in [-0.05, 0) is 55.3 Å². The van der Waals surface area contributed by atoms with E-state index in [2.05, 4.69) is 4.99 Å². The lowest BCUT2D eigenvalue weighted by Gasteiger charge is -2.24. The Morgan fingerprint density at radius 3 is 2.50 bits per heavy atom. The van der Waals surface area contributed by atoms with Crippen LogP contribution in [0.15, 0.2) is 69.6 Å². The molecule has 8 heteroatoms. The van der Waals surface area contributed by atoms with Gasteiger partial charge in [-0.2, -0.15) is 0 Å². The van der Waals surface area contributed by atoms with Crippen LogP contribution in [-0.2, 0) is 9.53 Å². The van der Waals surface area contributed by atoms with Crippen LogP contribution in [0.5, 0.6) is 5.75 Å². The summed E-state index contributed by atoms with van der Waals surface area (Å²) in [5.41, 5.74) is 1.96.